The summed E-state index contributed by atoms with van der Waals surface area (Å²) in [7, 11) is 0. The van der Waals surface area contributed by atoms with E-state index in [1.165, 1.54) is 12.1 Å². The largest absolute Gasteiger partial charge is 0.416 e. The molecule has 0 aliphatic carbocycles. The van der Waals surface area contributed by atoms with Gasteiger partial charge in [-0.2, -0.15) is 13.2 Å². The van der Waals surface area contributed by atoms with Crippen molar-refractivity contribution in [3.63, 3.8) is 0 Å². The summed E-state index contributed by atoms with van der Waals surface area (Å²) in [5.41, 5.74) is 0.214. The van der Waals surface area contributed by atoms with E-state index >= 15 is 0 Å². The maximum absolute atomic E-state index is 12.8. The summed E-state index contributed by atoms with van der Waals surface area (Å²) >= 11 is 0. The third kappa shape index (κ3) is 5.34. The van der Waals surface area contributed by atoms with Gasteiger partial charge in [0.15, 0.2) is 0 Å². The van der Waals surface area contributed by atoms with Crippen LogP contribution in [0.4, 0.5) is 13.2 Å². The van der Waals surface area contributed by atoms with Crippen molar-refractivity contribution in [2.75, 3.05) is 6.54 Å². The first-order chi connectivity index (χ1) is 9.72. The van der Waals surface area contributed by atoms with Gasteiger partial charge in [-0.25, -0.2) is 0 Å². The molecule has 0 saturated heterocycles. The van der Waals surface area contributed by atoms with Crippen LogP contribution in [0.5, 0.6) is 0 Å². The van der Waals surface area contributed by atoms with E-state index in [-0.39, 0.29) is 5.41 Å². The Kier molecular flexibility index (Phi) is 6.26. The normalized spacial score (nSPS) is 13.0. The molecule has 1 aromatic rings. The highest BCUT2D eigenvalue weighted by Gasteiger charge is 2.32. The van der Waals surface area contributed by atoms with Crippen LogP contribution in [-0.4, -0.2) is 12.6 Å². The van der Waals surface area contributed by atoms with E-state index in [2.05, 4.69) is 33.0 Å². The molecule has 0 bridgehead atoms. The van der Waals surface area contributed by atoms with Crippen LogP contribution >= 0.6 is 0 Å². The highest BCUT2D eigenvalue weighted by molar-refractivity contribution is 5.26. The molecule has 21 heavy (non-hydrogen) atoms. The van der Waals surface area contributed by atoms with Crippen LogP contribution in [-0.2, 0) is 12.6 Å². The predicted molar refractivity (Wildman–Crippen MR) is 81.3 cm³/mol. The molecular weight excluding hydrogens is 275 g/mol. The quantitative estimate of drug-likeness (QED) is 0.743. The summed E-state index contributed by atoms with van der Waals surface area (Å²) < 4.78 is 38.4. The Balaban J connectivity index is 2.93. The van der Waals surface area contributed by atoms with Gasteiger partial charge >= 0.3 is 6.18 Å². The number of hydrogen-bond donors (Lipinski definition) is 1. The second-order valence-electron chi connectivity index (χ2n) is 6.12. The second-order valence-corrected chi connectivity index (χ2v) is 6.12. The minimum Gasteiger partial charge on any atom is -0.314 e. The Morgan fingerprint density at radius 3 is 2.19 bits per heavy atom. The smallest absolute Gasteiger partial charge is 0.314 e. The molecule has 1 aromatic carbocycles. The number of nitrogens with one attached hydrogen (secondary N) is 1. The fourth-order valence-electron chi connectivity index (χ4n) is 2.52. The van der Waals surface area contributed by atoms with Gasteiger partial charge in [-0.3, -0.25) is 0 Å². The molecule has 1 N–H and O–H groups in total. The fourth-order valence-corrected chi connectivity index (χ4v) is 2.52. The van der Waals surface area contributed by atoms with Crippen LogP contribution in [0.2, 0.25) is 0 Å². The standard InChI is InChI=1S/C17H26F3N/c1-5-16(6-2,12-21-13(3)4)11-14-8-7-9-15(10-14)17(18,19)20/h7-10,13,21H,5-6,11-12H2,1-4H3. The van der Waals surface area contributed by atoms with E-state index in [1.807, 2.05) is 0 Å². The Morgan fingerprint density at radius 1 is 1.10 bits per heavy atom. The van der Waals surface area contributed by atoms with Crippen LogP contribution in [0.1, 0.15) is 51.7 Å². The molecule has 1 rings (SSSR count). The van der Waals surface area contributed by atoms with Gasteiger partial charge in [0.1, 0.15) is 0 Å². The monoisotopic (exact) mass is 301 g/mol. The van der Waals surface area contributed by atoms with E-state index in [9.17, 15) is 13.2 Å². The zero-order valence-electron chi connectivity index (χ0n) is 13.3. The molecule has 4 heteroatoms. The molecule has 0 amide bonds. The van der Waals surface area contributed by atoms with Crippen LogP contribution in [0, 0.1) is 5.41 Å². The lowest BCUT2D eigenvalue weighted by Gasteiger charge is -2.33. The summed E-state index contributed by atoms with van der Waals surface area (Å²) in [5, 5.41) is 3.43. The van der Waals surface area contributed by atoms with E-state index in [0.29, 0.717) is 12.5 Å². The second kappa shape index (κ2) is 7.30. The minimum atomic E-state index is -4.27. The van der Waals surface area contributed by atoms with Crippen LogP contribution in [0.3, 0.4) is 0 Å². The molecule has 0 fully saturated rings. The highest BCUT2D eigenvalue weighted by atomic mass is 19.4. The lowest BCUT2D eigenvalue weighted by molar-refractivity contribution is -0.137. The van der Waals surface area contributed by atoms with E-state index in [0.717, 1.165) is 31.0 Å². The van der Waals surface area contributed by atoms with Crippen LogP contribution in [0.25, 0.3) is 0 Å². The highest BCUT2D eigenvalue weighted by Crippen LogP contribution is 2.34. The molecule has 120 valence electrons. The van der Waals surface area contributed by atoms with E-state index in [1.54, 1.807) is 6.07 Å². The topological polar surface area (TPSA) is 12.0 Å². The third-order valence-electron chi connectivity index (χ3n) is 4.22. The Hall–Kier alpha value is -1.03. The van der Waals surface area contributed by atoms with Gasteiger partial charge in [0.2, 0.25) is 0 Å². The van der Waals surface area contributed by atoms with Gasteiger partial charge in [0.05, 0.1) is 5.56 Å². The van der Waals surface area contributed by atoms with Crippen LogP contribution < -0.4 is 5.32 Å². The van der Waals surface area contributed by atoms with Crippen molar-refractivity contribution in [2.24, 2.45) is 5.41 Å². The molecule has 0 spiro atoms. The summed E-state index contributed by atoms with van der Waals surface area (Å²) in [4.78, 5) is 0. The van der Waals surface area contributed by atoms with E-state index in [4.69, 9.17) is 0 Å². The van der Waals surface area contributed by atoms with Gasteiger partial charge in [0, 0.05) is 12.6 Å². The van der Waals surface area contributed by atoms with Crippen molar-refractivity contribution < 1.29 is 13.2 Å². The zero-order valence-corrected chi connectivity index (χ0v) is 13.3. The first-order valence-electron chi connectivity index (χ1n) is 7.62. The SMILES string of the molecule is CCC(CC)(CNC(C)C)Cc1cccc(C(F)(F)F)c1. The zero-order chi connectivity index (χ0) is 16.1. The third-order valence-corrected chi connectivity index (χ3v) is 4.22. The Bertz CT molecular complexity index is 434. The number of alkyl halides is 3. The first kappa shape index (κ1) is 18.0. The molecule has 0 radical (unpaired) electrons. The molecule has 0 aliphatic rings. The van der Waals surface area contributed by atoms with Gasteiger partial charge in [0.25, 0.3) is 0 Å². The molecule has 0 unspecified atom stereocenters. The average molecular weight is 301 g/mol. The number of hydrogen-bond acceptors (Lipinski definition) is 1. The van der Waals surface area contributed by atoms with Crippen LogP contribution in [0.15, 0.2) is 24.3 Å². The first-order valence-corrected chi connectivity index (χ1v) is 7.62. The molecule has 0 aromatic heterocycles. The summed E-state index contributed by atoms with van der Waals surface area (Å²) in [5.74, 6) is 0. The molecule has 0 heterocycles. The van der Waals surface area contributed by atoms with Gasteiger partial charge in [-0.05, 0) is 36.3 Å². The van der Waals surface area contributed by atoms with Crippen molar-refractivity contribution >= 4 is 0 Å². The van der Waals surface area contributed by atoms with Crippen molar-refractivity contribution in [3.05, 3.63) is 35.4 Å². The number of rotatable bonds is 7. The van der Waals surface area contributed by atoms with Crippen molar-refractivity contribution in [2.45, 2.75) is 59.2 Å². The number of halogens is 3. The van der Waals surface area contributed by atoms with Crippen molar-refractivity contribution in [1.29, 1.82) is 0 Å². The van der Waals surface area contributed by atoms with Crippen molar-refractivity contribution in [3.8, 4) is 0 Å². The van der Waals surface area contributed by atoms with Gasteiger partial charge in [-0.15, -0.1) is 0 Å². The lowest BCUT2D eigenvalue weighted by atomic mass is 9.76. The molecule has 1 nitrogen and oxygen atoms in total. The van der Waals surface area contributed by atoms with E-state index < -0.39 is 11.7 Å². The maximum atomic E-state index is 12.8. The molecule has 0 saturated carbocycles. The number of benzene rings is 1. The van der Waals surface area contributed by atoms with Crippen molar-refractivity contribution in [1.82, 2.24) is 5.32 Å². The summed E-state index contributed by atoms with van der Waals surface area (Å²) in [6.45, 7) is 9.22. The maximum Gasteiger partial charge on any atom is 0.416 e. The van der Waals surface area contributed by atoms with Gasteiger partial charge < -0.3 is 5.32 Å². The lowest BCUT2D eigenvalue weighted by Crippen LogP contribution is -2.38. The average Bonchev–Trinajstić information content (AvgIpc) is 2.43. The van der Waals surface area contributed by atoms with Gasteiger partial charge in [-0.1, -0.05) is 45.9 Å². The fraction of sp³-hybridized carbons (Fsp3) is 0.647. The molecule has 0 aliphatic heterocycles. The summed E-state index contributed by atoms with van der Waals surface area (Å²) in [6.07, 6.45) is -1.71. The molecular formula is C17H26F3N. The Morgan fingerprint density at radius 2 is 1.71 bits per heavy atom. The predicted octanol–water partition coefficient (Wildman–Crippen LogP) is 5.05. The molecule has 0 atom stereocenters. The minimum absolute atomic E-state index is 0.00842. The Labute approximate surface area is 125 Å². The summed E-state index contributed by atoms with van der Waals surface area (Å²) in [6, 6.07) is 6.10.